The zero-order valence-electron chi connectivity index (χ0n) is 11.8. The van der Waals surface area contributed by atoms with Gasteiger partial charge in [-0.1, -0.05) is 17.7 Å². The zero-order chi connectivity index (χ0) is 15.2. The highest BCUT2D eigenvalue weighted by atomic mass is 35.5. The number of rotatable bonds is 4. The third-order valence-corrected chi connectivity index (χ3v) is 2.84. The maximum absolute atomic E-state index is 11.8. The molecule has 0 aliphatic heterocycles. The van der Waals surface area contributed by atoms with E-state index in [1.807, 2.05) is 19.1 Å². The molecule has 0 bridgehead atoms. The highest BCUT2D eigenvalue weighted by Gasteiger charge is 2.09. The van der Waals surface area contributed by atoms with E-state index in [1.165, 1.54) is 0 Å². The number of hydrogen-bond donors (Lipinski definition) is 2. The molecule has 1 atom stereocenters. The molecule has 110 valence electrons. The number of aryl methyl sites for hydroxylation is 1. The lowest BCUT2D eigenvalue weighted by Crippen LogP contribution is -2.39. The fourth-order valence-corrected chi connectivity index (χ4v) is 1.82. The average Bonchev–Trinajstić information content (AvgIpc) is 2.41. The summed E-state index contributed by atoms with van der Waals surface area (Å²) in [4.78, 5) is 16.0. The first-order chi connectivity index (χ1) is 10.0. The minimum atomic E-state index is -0.490. The lowest BCUT2D eigenvalue weighted by molar-refractivity contribution is 0.183. The molecule has 1 heterocycles. The van der Waals surface area contributed by atoms with Crippen molar-refractivity contribution in [1.82, 2.24) is 10.3 Å². The number of anilines is 1. The van der Waals surface area contributed by atoms with E-state index in [1.54, 1.807) is 37.3 Å². The van der Waals surface area contributed by atoms with Gasteiger partial charge in [0.1, 0.15) is 11.6 Å². The predicted molar refractivity (Wildman–Crippen MR) is 82.7 cm³/mol. The third kappa shape index (κ3) is 4.96. The van der Waals surface area contributed by atoms with Crippen LogP contribution in [0.15, 0.2) is 42.5 Å². The van der Waals surface area contributed by atoms with Crippen molar-refractivity contribution in [2.75, 3.05) is 5.32 Å². The molecule has 0 saturated carbocycles. The van der Waals surface area contributed by atoms with E-state index < -0.39 is 6.23 Å². The van der Waals surface area contributed by atoms with Gasteiger partial charge in [-0.3, -0.25) is 5.32 Å². The number of pyridine rings is 1. The summed E-state index contributed by atoms with van der Waals surface area (Å²) < 4.78 is 5.55. The lowest BCUT2D eigenvalue weighted by Gasteiger charge is -2.16. The highest BCUT2D eigenvalue weighted by Crippen LogP contribution is 2.16. The van der Waals surface area contributed by atoms with Gasteiger partial charge in [-0.15, -0.1) is 0 Å². The maximum atomic E-state index is 11.8. The molecule has 0 aliphatic carbocycles. The Morgan fingerprint density at radius 2 is 1.95 bits per heavy atom. The van der Waals surface area contributed by atoms with Crippen molar-refractivity contribution in [2.45, 2.75) is 20.1 Å². The van der Waals surface area contributed by atoms with Crippen LogP contribution in [0.5, 0.6) is 5.75 Å². The molecule has 0 aliphatic rings. The first-order valence-corrected chi connectivity index (χ1v) is 6.84. The van der Waals surface area contributed by atoms with Gasteiger partial charge >= 0.3 is 6.03 Å². The Kier molecular flexibility index (Phi) is 5.00. The quantitative estimate of drug-likeness (QED) is 0.849. The van der Waals surface area contributed by atoms with Crippen molar-refractivity contribution < 1.29 is 9.53 Å². The summed E-state index contributed by atoms with van der Waals surface area (Å²) in [5.74, 6) is 1.12. The van der Waals surface area contributed by atoms with Crippen LogP contribution in [-0.4, -0.2) is 17.2 Å². The number of ether oxygens (including phenoxy) is 1. The average molecular weight is 306 g/mol. The van der Waals surface area contributed by atoms with E-state index >= 15 is 0 Å². The number of halogens is 1. The normalized spacial score (nSPS) is 11.6. The molecule has 1 aromatic heterocycles. The van der Waals surface area contributed by atoms with Crippen LogP contribution in [0.25, 0.3) is 0 Å². The standard InChI is InChI=1S/C15H16ClN3O2/c1-10-4-3-5-14(17-10)19-15(20)18-11(2)21-13-8-6-12(16)7-9-13/h3-9,11H,1-2H3,(H2,17,18,19,20). The molecular weight excluding hydrogens is 290 g/mol. The Morgan fingerprint density at radius 3 is 2.62 bits per heavy atom. The van der Waals surface area contributed by atoms with Gasteiger partial charge in [-0.2, -0.15) is 0 Å². The molecule has 2 N–H and O–H groups in total. The monoisotopic (exact) mass is 305 g/mol. The van der Waals surface area contributed by atoms with Gasteiger partial charge in [0.15, 0.2) is 6.23 Å². The third-order valence-electron chi connectivity index (χ3n) is 2.59. The second kappa shape index (κ2) is 6.95. The molecule has 0 fully saturated rings. The van der Waals surface area contributed by atoms with E-state index in [4.69, 9.17) is 16.3 Å². The minimum Gasteiger partial charge on any atom is -0.471 e. The first kappa shape index (κ1) is 15.1. The molecule has 2 rings (SSSR count). The molecule has 5 nitrogen and oxygen atoms in total. The summed E-state index contributed by atoms with van der Waals surface area (Å²) in [6.07, 6.45) is -0.490. The smallest absolute Gasteiger partial charge is 0.323 e. The number of nitrogens with zero attached hydrogens (tertiary/aromatic N) is 1. The number of hydrogen-bond acceptors (Lipinski definition) is 3. The van der Waals surface area contributed by atoms with E-state index in [9.17, 15) is 4.79 Å². The summed E-state index contributed by atoms with van der Waals surface area (Å²) in [6.45, 7) is 3.59. The van der Waals surface area contributed by atoms with Crippen LogP contribution in [-0.2, 0) is 0 Å². The van der Waals surface area contributed by atoms with E-state index in [2.05, 4.69) is 15.6 Å². The van der Waals surface area contributed by atoms with Gasteiger partial charge in [-0.25, -0.2) is 9.78 Å². The lowest BCUT2D eigenvalue weighted by atomic mass is 10.3. The van der Waals surface area contributed by atoms with Crippen LogP contribution in [0.2, 0.25) is 5.02 Å². The van der Waals surface area contributed by atoms with Crippen LogP contribution in [0.4, 0.5) is 10.6 Å². The summed E-state index contributed by atoms with van der Waals surface area (Å²) in [5, 5.41) is 5.94. The van der Waals surface area contributed by atoms with Crippen LogP contribution in [0.3, 0.4) is 0 Å². The molecule has 1 unspecified atom stereocenters. The van der Waals surface area contributed by atoms with Crippen molar-refractivity contribution in [1.29, 1.82) is 0 Å². The van der Waals surface area contributed by atoms with Crippen molar-refractivity contribution in [3.05, 3.63) is 53.2 Å². The van der Waals surface area contributed by atoms with Crippen LogP contribution < -0.4 is 15.4 Å². The second-order valence-corrected chi connectivity index (χ2v) is 4.91. The Bertz CT molecular complexity index is 617. The summed E-state index contributed by atoms with van der Waals surface area (Å²) in [5.41, 5.74) is 0.832. The maximum Gasteiger partial charge on any atom is 0.323 e. The number of amides is 2. The van der Waals surface area contributed by atoms with Crippen molar-refractivity contribution in [3.8, 4) is 5.75 Å². The molecule has 0 saturated heterocycles. The number of benzene rings is 1. The van der Waals surface area contributed by atoms with E-state index in [0.717, 1.165) is 5.69 Å². The Hall–Kier alpha value is -2.27. The van der Waals surface area contributed by atoms with E-state index in [0.29, 0.717) is 16.6 Å². The predicted octanol–water partition coefficient (Wildman–Crippen LogP) is 3.59. The SMILES string of the molecule is Cc1cccc(NC(=O)NC(C)Oc2ccc(Cl)cc2)n1. The first-order valence-electron chi connectivity index (χ1n) is 6.46. The van der Waals surface area contributed by atoms with Gasteiger partial charge in [0.25, 0.3) is 0 Å². The van der Waals surface area contributed by atoms with Crippen molar-refractivity contribution >= 4 is 23.4 Å². The fourth-order valence-electron chi connectivity index (χ4n) is 1.70. The topological polar surface area (TPSA) is 63.2 Å². The fraction of sp³-hybridized carbons (Fsp3) is 0.200. The number of aromatic nitrogens is 1. The van der Waals surface area contributed by atoms with E-state index in [-0.39, 0.29) is 6.03 Å². The Morgan fingerprint density at radius 1 is 1.24 bits per heavy atom. The summed E-state index contributed by atoms with van der Waals surface area (Å²) >= 11 is 5.79. The zero-order valence-corrected chi connectivity index (χ0v) is 12.5. The van der Waals surface area contributed by atoms with Gasteiger partial charge in [0.05, 0.1) is 0 Å². The molecule has 0 spiro atoms. The minimum absolute atomic E-state index is 0.380. The number of carbonyl (C=O) groups excluding carboxylic acids is 1. The Balaban J connectivity index is 1.86. The molecule has 0 radical (unpaired) electrons. The number of nitrogens with one attached hydrogen (secondary N) is 2. The molecule has 21 heavy (non-hydrogen) atoms. The van der Waals surface area contributed by atoms with Crippen molar-refractivity contribution in [3.63, 3.8) is 0 Å². The van der Waals surface area contributed by atoms with Gasteiger partial charge in [0, 0.05) is 10.7 Å². The van der Waals surface area contributed by atoms with Crippen molar-refractivity contribution in [2.24, 2.45) is 0 Å². The molecule has 6 heteroatoms. The molecule has 1 aromatic carbocycles. The molecular formula is C15H16ClN3O2. The van der Waals surface area contributed by atoms with Gasteiger partial charge < -0.3 is 10.1 Å². The molecule has 2 aromatic rings. The summed E-state index contributed by atoms with van der Waals surface area (Å²) in [6, 6.07) is 11.9. The number of carbonyl (C=O) groups is 1. The molecule has 2 amide bonds. The van der Waals surface area contributed by atoms with Crippen LogP contribution in [0.1, 0.15) is 12.6 Å². The van der Waals surface area contributed by atoms with Crippen LogP contribution in [0, 0.1) is 6.92 Å². The summed E-state index contributed by atoms with van der Waals surface area (Å²) in [7, 11) is 0. The van der Waals surface area contributed by atoms with Gasteiger partial charge in [0.2, 0.25) is 0 Å². The largest absolute Gasteiger partial charge is 0.471 e. The van der Waals surface area contributed by atoms with Gasteiger partial charge in [-0.05, 0) is 50.2 Å². The van der Waals surface area contributed by atoms with Crippen LogP contribution >= 0.6 is 11.6 Å². The number of urea groups is 1. The highest BCUT2D eigenvalue weighted by molar-refractivity contribution is 6.30. The second-order valence-electron chi connectivity index (χ2n) is 4.48. The Labute approximate surface area is 128 Å².